The topological polar surface area (TPSA) is 60.2 Å². The maximum atomic E-state index is 5.38. The zero-order chi connectivity index (χ0) is 14.8. The molecule has 21 heavy (non-hydrogen) atoms. The van der Waals surface area contributed by atoms with Gasteiger partial charge in [0.15, 0.2) is 0 Å². The highest BCUT2D eigenvalue weighted by Crippen LogP contribution is 2.34. The Morgan fingerprint density at radius 3 is 2.90 bits per heavy atom. The third kappa shape index (κ3) is 3.27. The van der Waals surface area contributed by atoms with Gasteiger partial charge in [-0.15, -0.1) is 0 Å². The fourth-order valence-corrected chi connectivity index (χ4v) is 2.99. The van der Waals surface area contributed by atoms with Crippen molar-refractivity contribution in [1.82, 2.24) is 15.5 Å². The minimum Gasteiger partial charge on any atom is -0.496 e. The summed E-state index contributed by atoms with van der Waals surface area (Å²) in [6.45, 7) is 0. The second kappa shape index (κ2) is 6.15. The lowest BCUT2D eigenvalue weighted by molar-refractivity contribution is 0.352. The molecule has 0 spiro atoms. The largest absolute Gasteiger partial charge is 0.496 e. The lowest BCUT2D eigenvalue weighted by atomic mass is 10.1. The number of benzene rings is 1. The molecule has 6 heteroatoms. The van der Waals surface area contributed by atoms with Crippen LogP contribution < -0.4 is 10.1 Å². The lowest BCUT2D eigenvalue weighted by Gasteiger charge is -2.11. The SMILES string of the molecule is CNC(Cc1nc(-c2ccc(OC)c(Br)c2)no1)C1CC1. The summed E-state index contributed by atoms with van der Waals surface area (Å²) < 4.78 is 11.5. The monoisotopic (exact) mass is 351 g/mol. The molecule has 1 aromatic carbocycles. The number of nitrogens with one attached hydrogen (secondary N) is 1. The van der Waals surface area contributed by atoms with E-state index in [2.05, 4.69) is 31.4 Å². The predicted molar refractivity (Wildman–Crippen MR) is 83.3 cm³/mol. The second-order valence-corrected chi connectivity index (χ2v) is 6.15. The van der Waals surface area contributed by atoms with E-state index in [0.717, 1.165) is 28.1 Å². The summed E-state index contributed by atoms with van der Waals surface area (Å²) in [4.78, 5) is 4.50. The Bertz CT molecular complexity index is 625. The van der Waals surface area contributed by atoms with Crippen molar-refractivity contribution in [2.24, 2.45) is 5.92 Å². The van der Waals surface area contributed by atoms with Crippen molar-refractivity contribution in [2.45, 2.75) is 25.3 Å². The van der Waals surface area contributed by atoms with Crippen LogP contribution in [0.2, 0.25) is 0 Å². The highest BCUT2D eigenvalue weighted by atomic mass is 79.9. The Kier molecular flexibility index (Phi) is 4.26. The van der Waals surface area contributed by atoms with E-state index in [0.29, 0.717) is 17.8 Å². The molecule has 5 nitrogen and oxygen atoms in total. The molecule has 1 unspecified atom stereocenters. The maximum Gasteiger partial charge on any atom is 0.228 e. The summed E-state index contributed by atoms with van der Waals surface area (Å²) in [6, 6.07) is 6.18. The fourth-order valence-electron chi connectivity index (χ4n) is 2.45. The standard InChI is InChI=1S/C15H18BrN3O2/c1-17-12(9-3-4-9)8-14-18-15(19-21-14)10-5-6-13(20-2)11(16)7-10/h5-7,9,12,17H,3-4,8H2,1-2H3. The number of methoxy groups -OCH3 is 1. The highest BCUT2D eigenvalue weighted by molar-refractivity contribution is 9.10. The third-order valence-corrected chi connectivity index (χ3v) is 4.45. The van der Waals surface area contributed by atoms with Crippen LogP contribution in [0.25, 0.3) is 11.4 Å². The zero-order valence-corrected chi connectivity index (χ0v) is 13.7. The van der Waals surface area contributed by atoms with Gasteiger partial charge in [-0.05, 0) is 59.9 Å². The number of ether oxygens (including phenoxy) is 1. The predicted octanol–water partition coefficient (Wildman–Crippen LogP) is 3.05. The fraction of sp³-hybridized carbons (Fsp3) is 0.467. The number of hydrogen-bond donors (Lipinski definition) is 1. The molecule has 1 saturated carbocycles. The van der Waals surface area contributed by atoms with Crippen LogP contribution >= 0.6 is 15.9 Å². The van der Waals surface area contributed by atoms with Crippen molar-refractivity contribution in [1.29, 1.82) is 0 Å². The van der Waals surface area contributed by atoms with Crippen molar-refractivity contribution < 1.29 is 9.26 Å². The molecule has 112 valence electrons. The summed E-state index contributed by atoms with van der Waals surface area (Å²) in [6.07, 6.45) is 3.36. The first-order valence-corrected chi connectivity index (χ1v) is 7.84. The van der Waals surface area contributed by atoms with Gasteiger partial charge < -0.3 is 14.6 Å². The van der Waals surface area contributed by atoms with Crippen molar-refractivity contribution in [3.63, 3.8) is 0 Å². The molecule has 2 aromatic rings. The van der Waals surface area contributed by atoms with Crippen molar-refractivity contribution in [2.75, 3.05) is 14.2 Å². The molecule has 1 aromatic heterocycles. The van der Waals surface area contributed by atoms with Crippen LogP contribution in [0.5, 0.6) is 5.75 Å². The van der Waals surface area contributed by atoms with Gasteiger partial charge in [-0.2, -0.15) is 4.98 Å². The number of rotatable bonds is 6. The summed E-state index contributed by atoms with van der Waals surface area (Å²) in [5, 5.41) is 7.41. The molecule has 1 aliphatic rings. The first kappa shape index (κ1) is 14.5. The van der Waals surface area contributed by atoms with E-state index in [1.807, 2.05) is 25.2 Å². The normalized spacial score (nSPS) is 16.0. The second-order valence-electron chi connectivity index (χ2n) is 5.30. The van der Waals surface area contributed by atoms with E-state index in [1.54, 1.807) is 7.11 Å². The molecule has 0 saturated heterocycles. The smallest absolute Gasteiger partial charge is 0.228 e. The van der Waals surface area contributed by atoms with Gasteiger partial charge in [0.2, 0.25) is 11.7 Å². The first-order valence-electron chi connectivity index (χ1n) is 7.05. The van der Waals surface area contributed by atoms with Crippen molar-refractivity contribution in [3.8, 4) is 17.1 Å². The molecular weight excluding hydrogens is 334 g/mol. The number of likely N-dealkylation sites (N-methyl/N-ethyl adjacent to an activating group) is 1. The van der Waals surface area contributed by atoms with Gasteiger partial charge >= 0.3 is 0 Å². The Morgan fingerprint density at radius 1 is 1.48 bits per heavy atom. The molecular formula is C15H18BrN3O2. The number of halogens is 1. The Balaban J connectivity index is 1.76. The van der Waals surface area contributed by atoms with Gasteiger partial charge in [-0.3, -0.25) is 0 Å². The molecule has 0 bridgehead atoms. The summed E-state index contributed by atoms with van der Waals surface area (Å²) in [5.74, 6) is 2.83. The zero-order valence-electron chi connectivity index (χ0n) is 12.1. The van der Waals surface area contributed by atoms with Crippen LogP contribution in [0.1, 0.15) is 18.7 Å². The highest BCUT2D eigenvalue weighted by Gasteiger charge is 2.31. The van der Waals surface area contributed by atoms with Gasteiger partial charge in [0, 0.05) is 18.0 Å². The minimum absolute atomic E-state index is 0.431. The van der Waals surface area contributed by atoms with E-state index < -0.39 is 0 Å². The molecule has 1 aliphatic carbocycles. The average Bonchev–Trinajstić information content (AvgIpc) is 3.23. The van der Waals surface area contributed by atoms with E-state index >= 15 is 0 Å². The van der Waals surface area contributed by atoms with Crippen LogP contribution in [0.15, 0.2) is 27.2 Å². The third-order valence-electron chi connectivity index (χ3n) is 3.83. The van der Waals surface area contributed by atoms with E-state index in [-0.39, 0.29) is 0 Å². The Hall–Kier alpha value is -1.40. The van der Waals surface area contributed by atoms with Gasteiger partial charge in [0.1, 0.15) is 5.75 Å². The van der Waals surface area contributed by atoms with Crippen molar-refractivity contribution in [3.05, 3.63) is 28.6 Å². The van der Waals surface area contributed by atoms with Crippen LogP contribution in [0, 0.1) is 5.92 Å². The molecule has 1 N–H and O–H groups in total. The first-order chi connectivity index (χ1) is 10.2. The minimum atomic E-state index is 0.431. The molecule has 0 aliphatic heterocycles. The van der Waals surface area contributed by atoms with Crippen LogP contribution in [0.4, 0.5) is 0 Å². The average molecular weight is 352 g/mol. The maximum absolute atomic E-state index is 5.38. The van der Waals surface area contributed by atoms with Gasteiger partial charge in [0.05, 0.1) is 11.6 Å². The summed E-state index contributed by atoms with van der Waals surface area (Å²) >= 11 is 3.47. The summed E-state index contributed by atoms with van der Waals surface area (Å²) in [7, 11) is 3.63. The van der Waals surface area contributed by atoms with Crippen LogP contribution in [0.3, 0.4) is 0 Å². The molecule has 0 amide bonds. The van der Waals surface area contributed by atoms with E-state index in [9.17, 15) is 0 Å². The molecule has 1 atom stereocenters. The van der Waals surface area contributed by atoms with Crippen LogP contribution in [-0.4, -0.2) is 30.3 Å². The Labute approximate surface area is 132 Å². The summed E-state index contributed by atoms with van der Waals surface area (Å²) in [5.41, 5.74) is 0.908. The van der Waals surface area contributed by atoms with Gasteiger partial charge in [-0.25, -0.2) is 0 Å². The molecule has 1 fully saturated rings. The van der Waals surface area contributed by atoms with Crippen LogP contribution in [-0.2, 0) is 6.42 Å². The van der Waals surface area contributed by atoms with Crippen molar-refractivity contribution >= 4 is 15.9 Å². The quantitative estimate of drug-likeness (QED) is 0.866. The molecule has 0 radical (unpaired) electrons. The van der Waals surface area contributed by atoms with E-state index in [4.69, 9.17) is 9.26 Å². The number of hydrogen-bond acceptors (Lipinski definition) is 5. The van der Waals surface area contributed by atoms with Gasteiger partial charge in [0.25, 0.3) is 0 Å². The Morgan fingerprint density at radius 2 is 2.29 bits per heavy atom. The van der Waals surface area contributed by atoms with E-state index in [1.165, 1.54) is 12.8 Å². The molecule has 3 rings (SSSR count). The number of nitrogens with zero attached hydrogens (tertiary/aromatic N) is 2. The number of aromatic nitrogens is 2. The van der Waals surface area contributed by atoms with Gasteiger partial charge in [-0.1, -0.05) is 5.16 Å². The molecule has 1 heterocycles. The lowest BCUT2D eigenvalue weighted by Crippen LogP contribution is -2.29.